The molecule has 5 aliphatic heterocycles. The highest BCUT2D eigenvalue weighted by Gasteiger charge is 2.20. The summed E-state index contributed by atoms with van der Waals surface area (Å²) in [6, 6.07) is 10.7. The van der Waals surface area contributed by atoms with Crippen LogP contribution in [0.15, 0.2) is 48.8 Å². The Bertz CT molecular complexity index is 1160. The maximum absolute atomic E-state index is 14.6. The molecule has 1 fully saturated rings. The summed E-state index contributed by atoms with van der Waals surface area (Å²) in [7, 11) is 0. The lowest BCUT2D eigenvalue weighted by Crippen LogP contribution is -2.49. The molecule has 1 aromatic carbocycles. The van der Waals surface area contributed by atoms with Crippen molar-refractivity contribution in [3.05, 3.63) is 60.2 Å². The van der Waals surface area contributed by atoms with Crippen molar-refractivity contribution in [3.63, 3.8) is 0 Å². The number of hydrogen-bond acceptors (Lipinski definition) is 8. The predicted octanol–water partition coefficient (Wildman–Crippen LogP) is 2.47. The number of halogens is 1. The van der Waals surface area contributed by atoms with E-state index in [0.717, 1.165) is 55.4 Å². The number of aromatic nitrogens is 3. The highest BCUT2D eigenvalue weighted by Crippen LogP contribution is 2.22. The maximum Gasteiger partial charge on any atom is 0.234 e. The van der Waals surface area contributed by atoms with Crippen molar-refractivity contribution < 1.29 is 9.18 Å². The second-order valence-corrected chi connectivity index (χ2v) is 8.81. The van der Waals surface area contributed by atoms with Crippen LogP contribution in [0.25, 0.3) is 11.3 Å². The van der Waals surface area contributed by atoms with E-state index in [0.29, 0.717) is 37.7 Å². The zero-order valence-electron chi connectivity index (χ0n) is 19.5. The molecule has 35 heavy (non-hydrogen) atoms. The number of carbonyl (C=O) groups is 1. The van der Waals surface area contributed by atoms with Gasteiger partial charge in [0.1, 0.15) is 11.6 Å². The Hall–Kier alpha value is -3.63. The Morgan fingerprint density at radius 1 is 0.886 bits per heavy atom. The molecule has 0 radical (unpaired) electrons. The molecule has 0 aliphatic carbocycles. The first-order valence-corrected chi connectivity index (χ1v) is 11.9. The Morgan fingerprint density at radius 2 is 1.69 bits per heavy atom. The molecule has 7 heterocycles. The highest BCUT2D eigenvalue weighted by atomic mass is 19.1. The molecule has 1 saturated heterocycles. The SMILES string of the molecule is O=C1CN2CCN(CC2)Cc2cc(ccc2F)Nc2nccc(n2)-c2ccc(nc2)NCCCN1. The van der Waals surface area contributed by atoms with E-state index in [-0.39, 0.29) is 11.7 Å². The van der Waals surface area contributed by atoms with Crippen molar-refractivity contribution >= 4 is 23.4 Å². The third-order valence-electron chi connectivity index (χ3n) is 6.22. The fourth-order valence-electron chi connectivity index (χ4n) is 4.27. The summed E-state index contributed by atoms with van der Waals surface area (Å²) in [5, 5.41) is 9.48. The summed E-state index contributed by atoms with van der Waals surface area (Å²) < 4.78 is 14.6. The van der Waals surface area contributed by atoms with Gasteiger partial charge in [-0.3, -0.25) is 14.6 Å². The topological polar surface area (TPSA) is 98.3 Å². The van der Waals surface area contributed by atoms with Crippen molar-refractivity contribution in [2.24, 2.45) is 0 Å². The molecule has 9 nitrogen and oxygen atoms in total. The summed E-state index contributed by atoms with van der Waals surface area (Å²) in [4.78, 5) is 30.1. The van der Waals surface area contributed by atoms with Gasteiger partial charge < -0.3 is 16.0 Å². The van der Waals surface area contributed by atoms with Crippen LogP contribution in [0, 0.1) is 5.82 Å². The van der Waals surface area contributed by atoms with Gasteiger partial charge in [0.25, 0.3) is 0 Å². The molecule has 0 spiro atoms. The van der Waals surface area contributed by atoms with Gasteiger partial charge in [-0.15, -0.1) is 0 Å². The zero-order chi connectivity index (χ0) is 24.0. The Morgan fingerprint density at radius 3 is 2.49 bits per heavy atom. The first-order valence-electron chi connectivity index (χ1n) is 11.9. The molecule has 3 aromatic rings. The van der Waals surface area contributed by atoms with Gasteiger partial charge in [0.15, 0.2) is 0 Å². The molecule has 8 bridgehead atoms. The van der Waals surface area contributed by atoms with E-state index >= 15 is 0 Å². The van der Waals surface area contributed by atoms with E-state index in [1.807, 2.05) is 24.3 Å². The van der Waals surface area contributed by atoms with Crippen LogP contribution < -0.4 is 16.0 Å². The van der Waals surface area contributed by atoms with Gasteiger partial charge >= 0.3 is 0 Å². The predicted molar refractivity (Wildman–Crippen MR) is 133 cm³/mol. The van der Waals surface area contributed by atoms with Gasteiger partial charge in [-0.25, -0.2) is 19.3 Å². The van der Waals surface area contributed by atoms with Crippen molar-refractivity contribution in [1.29, 1.82) is 0 Å². The molecular formula is C25H29FN8O. The fraction of sp³-hybridized carbons (Fsp3) is 0.360. The highest BCUT2D eigenvalue weighted by molar-refractivity contribution is 5.78. The largest absolute Gasteiger partial charge is 0.370 e. The van der Waals surface area contributed by atoms with Gasteiger partial charge in [0.2, 0.25) is 11.9 Å². The molecule has 1 amide bonds. The number of carbonyl (C=O) groups excluding carboxylic acids is 1. The van der Waals surface area contributed by atoms with E-state index in [4.69, 9.17) is 0 Å². The first-order chi connectivity index (χ1) is 17.1. The average molecular weight is 477 g/mol. The van der Waals surface area contributed by atoms with Crippen LogP contribution in [-0.4, -0.2) is 76.5 Å². The molecule has 0 unspecified atom stereocenters. The van der Waals surface area contributed by atoms with Crippen molar-refractivity contribution in [1.82, 2.24) is 30.1 Å². The second-order valence-electron chi connectivity index (χ2n) is 8.81. The standard InChI is InChI=1S/C25H29FN8O/c26-21-4-3-20-14-19(21)16-33-10-12-34(13-11-33)17-24(35)28-8-1-7-27-23-5-2-18(15-30-23)22-6-9-29-25(31-20)32-22/h2-6,9,14-15H,1,7-8,10-13,16-17H2,(H,27,30)(H,28,35)(H,29,31,32). The molecule has 182 valence electrons. The summed E-state index contributed by atoms with van der Waals surface area (Å²) in [6.07, 6.45) is 4.25. The van der Waals surface area contributed by atoms with E-state index < -0.39 is 0 Å². The summed E-state index contributed by atoms with van der Waals surface area (Å²) >= 11 is 0. The van der Waals surface area contributed by atoms with Crippen LogP contribution >= 0.6 is 0 Å². The van der Waals surface area contributed by atoms with Gasteiger partial charge in [-0.1, -0.05) is 0 Å². The molecule has 2 aromatic heterocycles. The molecule has 3 N–H and O–H groups in total. The third kappa shape index (κ3) is 6.09. The van der Waals surface area contributed by atoms with E-state index in [1.165, 1.54) is 6.07 Å². The van der Waals surface area contributed by atoms with Crippen LogP contribution in [0.4, 0.5) is 21.8 Å². The minimum Gasteiger partial charge on any atom is -0.370 e. The van der Waals surface area contributed by atoms with Crippen molar-refractivity contribution in [3.8, 4) is 11.3 Å². The quantitative estimate of drug-likeness (QED) is 0.455. The minimum absolute atomic E-state index is 0.0343. The van der Waals surface area contributed by atoms with Crippen LogP contribution in [0.5, 0.6) is 0 Å². The van der Waals surface area contributed by atoms with Crippen LogP contribution in [0.3, 0.4) is 0 Å². The van der Waals surface area contributed by atoms with Crippen molar-refractivity contribution in [2.45, 2.75) is 13.0 Å². The fourth-order valence-corrected chi connectivity index (χ4v) is 4.27. The van der Waals surface area contributed by atoms with E-state index in [1.54, 1.807) is 18.5 Å². The van der Waals surface area contributed by atoms with Gasteiger partial charge in [0.05, 0.1) is 12.2 Å². The Balaban J connectivity index is 1.38. The van der Waals surface area contributed by atoms with Gasteiger partial charge in [0, 0.05) is 75.0 Å². The average Bonchev–Trinajstić information content (AvgIpc) is 2.87. The summed E-state index contributed by atoms with van der Waals surface area (Å²) in [5.41, 5.74) is 2.95. The third-order valence-corrected chi connectivity index (χ3v) is 6.22. The Labute approximate surface area is 203 Å². The van der Waals surface area contributed by atoms with Gasteiger partial charge in [-0.2, -0.15) is 0 Å². The number of piperazine rings is 1. The maximum atomic E-state index is 14.6. The van der Waals surface area contributed by atoms with Crippen LogP contribution in [0.2, 0.25) is 0 Å². The number of rotatable bonds is 0. The van der Waals surface area contributed by atoms with E-state index in [9.17, 15) is 9.18 Å². The molecule has 0 saturated carbocycles. The lowest BCUT2D eigenvalue weighted by molar-refractivity contribution is -0.122. The number of pyridine rings is 1. The molecular weight excluding hydrogens is 447 g/mol. The molecule has 5 aliphatic rings. The van der Waals surface area contributed by atoms with Crippen LogP contribution in [-0.2, 0) is 11.3 Å². The number of hydrogen-bond donors (Lipinski definition) is 3. The molecule has 10 heteroatoms. The summed E-state index contributed by atoms with van der Waals surface area (Å²) in [6.45, 7) is 5.32. The number of nitrogens with zero attached hydrogens (tertiary/aromatic N) is 5. The van der Waals surface area contributed by atoms with Gasteiger partial charge in [-0.05, 0) is 42.8 Å². The van der Waals surface area contributed by atoms with E-state index in [2.05, 4.69) is 40.7 Å². The number of amides is 1. The number of anilines is 3. The molecule has 8 rings (SSSR count). The lowest BCUT2D eigenvalue weighted by Gasteiger charge is -2.34. The van der Waals surface area contributed by atoms with Crippen molar-refractivity contribution in [2.75, 3.05) is 56.4 Å². The molecule has 0 atom stereocenters. The second kappa shape index (κ2) is 10.7. The lowest BCUT2D eigenvalue weighted by atomic mass is 10.1. The number of nitrogens with one attached hydrogen (secondary N) is 3. The summed E-state index contributed by atoms with van der Waals surface area (Å²) in [5.74, 6) is 0.998. The minimum atomic E-state index is -0.239. The first kappa shape index (κ1) is 23.1. The normalized spacial score (nSPS) is 21.0. The smallest absolute Gasteiger partial charge is 0.234 e. The monoisotopic (exact) mass is 476 g/mol. The zero-order valence-corrected chi connectivity index (χ0v) is 19.5. The number of benzene rings is 1. The Kier molecular flexibility index (Phi) is 7.10. The van der Waals surface area contributed by atoms with Crippen LogP contribution in [0.1, 0.15) is 12.0 Å².